The predicted octanol–water partition coefficient (Wildman–Crippen LogP) is 2.37. The zero-order valence-corrected chi connectivity index (χ0v) is 11.3. The van der Waals surface area contributed by atoms with Crippen molar-refractivity contribution in [1.29, 1.82) is 0 Å². The van der Waals surface area contributed by atoms with Crippen molar-refractivity contribution in [3.63, 3.8) is 0 Å². The van der Waals surface area contributed by atoms with Crippen LogP contribution in [-0.2, 0) is 10.8 Å². The van der Waals surface area contributed by atoms with Crippen LogP contribution in [0.3, 0.4) is 0 Å². The highest BCUT2D eigenvalue weighted by Gasteiger charge is 2.25. The van der Waals surface area contributed by atoms with E-state index in [2.05, 4.69) is 21.2 Å². The van der Waals surface area contributed by atoms with Crippen molar-refractivity contribution in [1.82, 2.24) is 5.32 Å². The molecular weight excluding hydrogens is 293 g/mol. The Balaban J connectivity index is 2.26. The van der Waals surface area contributed by atoms with Crippen LogP contribution in [0.5, 0.6) is 0 Å². The van der Waals surface area contributed by atoms with Gasteiger partial charge in [-0.25, -0.2) is 4.39 Å². The number of hydrogen-bond acceptors (Lipinski definition) is 2. The van der Waals surface area contributed by atoms with Gasteiger partial charge in [0.2, 0.25) is 0 Å². The van der Waals surface area contributed by atoms with Gasteiger partial charge >= 0.3 is 0 Å². The lowest BCUT2D eigenvalue weighted by Crippen LogP contribution is -2.43. The smallest absolute Gasteiger partial charge is 0.124 e. The summed E-state index contributed by atoms with van der Waals surface area (Å²) >= 11 is 3.34. The van der Waals surface area contributed by atoms with E-state index >= 15 is 0 Å². The Kier molecular flexibility index (Phi) is 3.77. The molecule has 0 bridgehead atoms. The Hall–Kier alpha value is -0.260. The van der Waals surface area contributed by atoms with Gasteiger partial charge in [-0.15, -0.1) is 0 Å². The minimum Gasteiger partial charge on any atom is -0.306 e. The van der Waals surface area contributed by atoms with Crippen molar-refractivity contribution in [3.8, 4) is 0 Å². The second kappa shape index (κ2) is 4.94. The monoisotopic (exact) mass is 305 g/mol. The molecule has 1 saturated heterocycles. The fraction of sp³-hybridized carbons (Fsp3) is 0.455. The third-order valence-electron chi connectivity index (χ3n) is 2.61. The van der Waals surface area contributed by atoms with E-state index in [0.29, 0.717) is 11.5 Å². The molecule has 1 aromatic rings. The maximum atomic E-state index is 13.0. The van der Waals surface area contributed by atoms with Crippen LogP contribution in [0.15, 0.2) is 22.7 Å². The Labute approximate surface area is 105 Å². The summed E-state index contributed by atoms with van der Waals surface area (Å²) in [5, 5.41) is 3.38. The highest BCUT2D eigenvalue weighted by molar-refractivity contribution is 9.10. The summed E-state index contributed by atoms with van der Waals surface area (Å²) in [6.45, 7) is 2.02. The molecule has 0 spiro atoms. The molecule has 0 aliphatic carbocycles. The van der Waals surface area contributed by atoms with E-state index < -0.39 is 10.8 Å². The van der Waals surface area contributed by atoms with Crippen molar-refractivity contribution in [2.45, 2.75) is 19.0 Å². The second-order valence-electron chi connectivity index (χ2n) is 4.06. The lowest BCUT2D eigenvalue weighted by atomic mass is 10.1. The van der Waals surface area contributed by atoms with Gasteiger partial charge in [0.05, 0.1) is 0 Å². The zero-order valence-electron chi connectivity index (χ0n) is 8.87. The predicted molar refractivity (Wildman–Crippen MR) is 67.3 cm³/mol. The molecule has 16 heavy (non-hydrogen) atoms. The van der Waals surface area contributed by atoms with E-state index in [-0.39, 0.29) is 17.9 Å². The highest BCUT2D eigenvalue weighted by atomic mass is 79.9. The molecule has 0 aromatic heterocycles. The molecule has 3 unspecified atom stereocenters. The number of hydrogen-bond donors (Lipinski definition) is 1. The second-order valence-corrected chi connectivity index (χ2v) is 6.46. The molecule has 1 N–H and O–H groups in total. The molecule has 1 aliphatic rings. The van der Waals surface area contributed by atoms with Gasteiger partial charge in [-0.1, -0.05) is 22.0 Å². The lowest BCUT2D eigenvalue weighted by molar-refractivity contribution is 0.487. The highest BCUT2D eigenvalue weighted by Crippen LogP contribution is 2.27. The van der Waals surface area contributed by atoms with Crippen LogP contribution < -0.4 is 5.32 Å². The van der Waals surface area contributed by atoms with Crippen molar-refractivity contribution in [2.75, 3.05) is 11.5 Å². The molecule has 1 fully saturated rings. The summed E-state index contributed by atoms with van der Waals surface area (Å²) in [5.41, 5.74) is 0.973. The molecule has 1 heterocycles. The van der Waals surface area contributed by atoms with Gasteiger partial charge in [-0.05, 0) is 24.6 Å². The summed E-state index contributed by atoms with van der Waals surface area (Å²) in [5.74, 6) is 1.02. The quantitative estimate of drug-likeness (QED) is 0.863. The molecule has 2 nitrogen and oxygen atoms in total. The Bertz CT molecular complexity index is 426. The minimum atomic E-state index is -0.792. The van der Waals surface area contributed by atoms with Crippen molar-refractivity contribution >= 4 is 26.7 Å². The van der Waals surface area contributed by atoms with Gasteiger partial charge < -0.3 is 5.32 Å². The van der Waals surface area contributed by atoms with E-state index in [4.69, 9.17) is 0 Å². The van der Waals surface area contributed by atoms with E-state index in [1.165, 1.54) is 12.1 Å². The lowest BCUT2D eigenvalue weighted by Gasteiger charge is -2.29. The standard InChI is InChI=1S/C11H13BrFNOS/c1-7-5-16(15)6-11(14-7)9-3-2-8(13)4-10(9)12/h2-4,7,11,14H,5-6H2,1H3. The third kappa shape index (κ3) is 2.70. The van der Waals surface area contributed by atoms with Crippen LogP contribution in [0.2, 0.25) is 0 Å². The summed E-state index contributed by atoms with van der Waals surface area (Å²) in [4.78, 5) is 0. The average molecular weight is 306 g/mol. The van der Waals surface area contributed by atoms with Gasteiger partial charge in [-0.3, -0.25) is 4.21 Å². The van der Waals surface area contributed by atoms with Crippen molar-refractivity contribution in [3.05, 3.63) is 34.1 Å². The van der Waals surface area contributed by atoms with Gasteiger partial charge in [0.25, 0.3) is 0 Å². The normalized spacial score (nSPS) is 30.3. The fourth-order valence-electron chi connectivity index (χ4n) is 1.94. The van der Waals surface area contributed by atoms with E-state index in [1.54, 1.807) is 6.07 Å². The number of halogens is 2. The van der Waals surface area contributed by atoms with E-state index in [0.717, 1.165) is 10.0 Å². The molecule has 2 rings (SSSR count). The molecule has 5 heteroatoms. The molecular formula is C11H13BrFNOS. The maximum Gasteiger partial charge on any atom is 0.124 e. The molecule has 0 radical (unpaired) electrons. The third-order valence-corrected chi connectivity index (χ3v) is 4.88. The summed E-state index contributed by atoms with van der Waals surface area (Å²) in [6.07, 6.45) is 0. The zero-order chi connectivity index (χ0) is 11.7. The first-order valence-corrected chi connectivity index (χ1v) is 7.40. The van der Waals surface area contributed by atoms with Crippen molar-refractivity contribution in [2.24, 2.45) is 0 Å². The Morgan fingerprint density at radius 2 is 2.25 bits per heavy atom. The van der Waals surface area contributed by atoms with Crippen molar-refractivity contribution < 1.29 is 8.60 Å². The van der Waals surface area contributed by atoms with Crippen LogP contribution in [0.4, 0.5) is 4.39 Å². The van der Waals surface area contributed by atoms with Crippen LogP contribution in [0, 0.1) is 5.82 Å². The summed E-state index contributed by atoms with van der Waals surface area (Å²) < 4.78 is 25.3. The van der Waals surface area contributed by atoms with Crippen LogP contribution >= 0.6 is 15.9 Å². The molecule has 88 valence electrons. The van der Waals surface area contributed by atoms with Crippen LogP contribution in [0.25, 0.3) is 0 Å². The molecule has 0 amide bonds. The number of rotatable bonds is 1. The Morgan fingerprint density at radius 1 is 1.50 bits per heavy atom. The first-order chi connectivity index (χ1) is 7.56. The van der Waals surface area contributed by atoms with E-state index in [9.17, 15) is 8.60 Å². The first kappa shape index (κ1) is 12.2. The van der Waals surface area contributed by atoms with Gasteiger partial charge in [0, 0.05) is 38.9 Å². The summed E-state index contributed by atoms with van der Waals surface area (Å²) in [7, 11) is -0.792. The maximum absolute atomic E-state index is 13.0. The fourth-order valence-corrected chi connectivity index (χ4v) is 4.00. The largest absolute Gasteiger partial charge is 0.306 e. The summed E-state index contributed by atoms with van der Waals surface area (Å²) in [6, 6.07) is 4.89. The van der Waals surface area contributed by atoms with Crippen LogP contribution in [0.1, 0.15) is 18.5 Å². The van der Waals surface area contributed by atoms with E-state index in [1.807, 2.05) is 6.92 Å². The average Bonchev–Trinajstić information content (AvgIpc) is 2.15. The SMILES string of the molecule is CC1CS(=O)CC(c2ccc(F)cc2Br)N1. The Morgan fingerprint density at radius 3 is 2.88 bits per heavy atom. The minimum absolute atomic E-state index is 0.0413. The first-order valence-electron chi connectivity index (χ1n) is 5.12. The molecule has 0 saturated carbocycles. The van der Waals surface area contributed by atoms with Gasteiger partial charge in [0.1, 0.15) is 5.82 Å². The topological polar surface area (TPSA) is 29.1 Å². The number of benzene rings is 1. The van der Waals surface area contributed by atoms with Gasteiger partial charge in [0.15, 0.2) is 0 Å². The van der Waals surface area contributed by atoms with Gasteiger partial charge in [-0.2, -0.15) is 0 Å². The molecule has 1 aliphatic heterocycles. The number of nitrogens with one attached hydrogen (secondary N) is 1. The molecule has 3 atom stereocenters. The van der Waals surface area contributed by atoms with Crippen LogP contribution in [-0.4, -0.2) is 21.8 Å². The molecule has 1 aromatic carbocycles.